The number of amides is 1. The van der Waals surface area contributed by atoms with E-state index in [4.69, 9.17) is 9.15 Å². The number of hydrogen-bond donors (Lipinski definition) is 1. The van der Waals surface area contributed by atoms with Crippen molar-refractivity contribution in [3.63, 3.8) is 0 Å². The van der Waals surface area contributed by atoms with Gasteiger partial charge in [0.15, 0.2) is 25.9 Å². The lowest BCUT2D eigenvalue weighted by Crippen LogP contribution is -2.36. The first kappa shape index (κ1) is 25.3. The lowest BCUT2D eigenvalue weighted by atomic mass is 10.0. The Morgan fingerprint density at radius 3 is 2.40 bits per heavy atom. The summed E-state index contributed by atoms with van der Waals surface area (Å²) in [5.74, 6) is 0.0658. The number of nitrogens with zero attached hydrogens (tertiary/aromatic N) is 1. The molecule has 2 aliphatic rings. The van der Waals surface area contributed by atoms with Gasteiger partial charge in [0.25, 0.3) is 0 Å². The van der Waals surface area contributed by atoms with Crippen LogP contribution in [0.2, 0.25) is 0 Å². The van der Waals surface area contributed by atoms with Gasteiger partial charge in [-0.05, 0) is 37.1 Å². The molecule has 0 bridgehead atoms. The van der Waals surface area contributed by atoms with Crippen molar-refractivity contribution in [1.29, 1.82) is 0 Å². The molecule has 1 N–H and O–H groups in total. The summed E-state index contributed by atoms with van der Waals surface area (Å²) in [5.41, 5.74) is 2.80. The number of thiophene rings is 1. The van der Waals surface area contributed by atoms with Crippen LogP contribution < -0.4 is 15.6 Å². The van der Waals surface area contributed by atoms with Gasteiger partial charge >= 0.3 is 0 Å². The number of carbonyl (C=O) groups excluding carboxylic acids is 1. The molecule has 204 valence electrons. The van der Waals surface area contributed by atoms with Crippen molar-refractivity contribution in [2.24, 2.45) is 0 Å². The Bertz CT molecular complexity index is 2000. The standard InChI is InChI=1S/C30H26N2O6S2/c1-40(35,36)30(10-11-30)29(34)31-18-8-9-25-23(16-18)21-6-3-5-20(28(21)39-25)19-4-2-7-22-24(33)17-26(38-27(19)22)32-12-14-37-15-13-32/h2-9,16-17H,10-15H2,1H3,(H,31,34). The maximum absolute atomic E-state index is 13.1. The number of hydrogen-bond acceptors (Lipinski definition) is 8. The average Bonchev–Trinajstić information content (AvgIpc) is 3.70. The number of sulfone groups is 1. The molecule has 1 amide bonds. The molecular weight excluding hydrogens is 548 g/mol. The summed E-state index contributed by atoms with van der Waals surface area (Å²) in [5, 5.41) is 5.32. The minimum atomic E-state index is -3.50. The van der Waals surface area contributed by atoms with Gasteiger partial charge < -0.3 is 19.4 Å². The first-order valence-corrected chi connectivity index (χ1v) is 15.8. The summed E-state index contributed by atoms with van der Waals surface area (Å²) in [6.07, 6.45) is 1.81. The molecule has 1 saturated heterocycles. The Morgan fingerprint density at radius 1 is 0.950 bits per heavy atom. The van der Waals surface area contributed by atoms with Crippen LogP contribution in [-0.2, 0) is 19.4 Å². The van der Waals surface area contributed by atoms with Crippen molar-refractivity contribution < 1.29 is 22.4 Å². The monoisotopic (exact) mass is 574 g/mol. The van der Waals surface area contributed by atoms with E-state index in [9.17, 15) is 18.0 Å². The van der Waals surface area contributed by atoms with Crippen LogP contribution in [0.5, 0.6) is 0 Å². The highest BCUT2D eigenvalue weighted by Gasteiger charge is 2.58. The Balaban J connectivity index is 1.33. The van der Waals surface area contributed by atoms with Crippen LogP contribution in [0, 0.1) is 0 Å². The van der Waals surface area contributed by atoms with Crippen LogP contribution in [0.3, 0.4) is 0 Å². The van der Waals surface area contributed by atoms with Gasteiger partial charge in [0.2, 0.25) is 5.91 Å². The van der Waals surface area contributed by atoms with Crippen LogP contribution in [-0.4, -0.2) is 51.6 Å². The largest absolute Gasteiger partial charge is 0.440 e. The van der Waals surface area contributed by atoms with Gasteiger partial charge in [0.1, 0.15) is 5.58 Å². The molecule has 2 aromatic heterocycles. The Kier molecular flexibility index (Phi) is 5.78. The van der Waals surface area contributed by atoms with Crippen LogP contribution in [0.15, 0.2) is 69.9 Å². The van der Waals surface area contributed by atoms with Crippen LogP contribution in [0.4, 0.5) is 11.6 Å². The third-order valence-corrected chi connectivity index (χ3v) is 11.2. The van der Waals surface area contributed by atoms with E-state index >= 15 is 0 Å². The molecule has 0 radical (unpaired) electrons. The number of benzene rings is 3. The van der Waals surface area contributed by atoms with Crippen molar-refractivity contribution >= 4 is 69.8 Å². The van der Waals surface area contributed by atoms with Crippen molar-refractivity contribution in [2.75, 3.05) is 42.8 Å². The van der Waals surface area contributed by atoms with E-state index < -0.39 is 20.5 Å². The number of carbonyl (C=O) groups is 1. The van der Waals surface area contributed by atoms with E-state index in [1.807, 2.05) is 47.4 Å². The molecule has 40 heavy (non-hydrogen) atoms. The minimum Gasteiger partial charge on any atom is -0.440 e. The van der Waals surface area contributed by atoms with Crippen molar-refractivity contribution in [1.82, 2.24) is 0 Å². The predicted molar refractivity (Wildman–Crippen MR) is 159 cm³/mol. The van der Waals surface area contributed by atoms with Crippen LogP contribution in [0.25, 0.3) is 42.3 Å². The highest BCUT2D eigenvalue weighted by molar-refractivity contribution is 7.93. The van der Waals surface area contributed by atoms with Gasteiger partial charge in [0, 0.05) is 62.4 Å². The fraction of sp³-hybridized carbons (Fsp3) is 0.267. The molecule has 10 heteroatoms. The predicted octanol–water partition coefficient (Wildman–Crippen LogP) is 5.18. The van der Waals surface area contributed by atoms with Crippen molar-refractivity contribution in [3.8, 4) is 11.1 Å². The van der Waals surface area contributed by atoms with Gasteiger partial charge in [-0.1, -0.05) is 30.3 Å². The molecule has 1 aliphatic heterocycles. The first-order chi connectivity index (χ1) is 19.2. The SMILES string of the molecule is CS(=O)(=O)C1(C(=O)Nc2ccc3sc4c(-c5cccc6c(=O)cc(N7CCOCC7)oc56)cccc4c3c2)CC1. The maximum Gasteiger partial charge on any atom is 0.245 e. The number of morpholine rings is 1. The summed E-state index contributed by atoms with van der Waals surface area (Å²) in [4.78, 5) is 28.0. The lowest BCUT2D eigenvalue weighted by molar-refractivity contribution is -0.116. The fourth-order valence-electron chi connectivity index (χ4n) is 5.53. The molecule has 2 fully saturated rings. The zero-order valence-electron chi connectivity index (χ0n) is 21.7. The molecule has 1 saturated carbocycles. The number of nitrogens with one attached hydrogen (secondary N) is 1. The highest BCUT2D eigenvalue weighted by Crippen LogP contribution is 2.45. The van der Waals surface area contributed by atoms with Gasteiger partial charge in [-0.25, -0.2) is 8.42 Å². The van der Waals surface area contributed by atoms with Crippen LogP contribution in [0.1, 0.15) is 12.8 Å². The fourth-order valence-corrected chi connectivity index (χ4v) is 7.97. The molecule has 7 rings (SSSR count). The third-order valence-electron chi connectivity index (χ3n) is 7.94. The quantitative estimate of drug-likeness (QED) is 0.308. The topological polar surface area (TPSA) is 106 Å². The highest BCUT2D eigenvalue weighted by atomic mass is 32.2. The summed E-state index contributed by atoms with van der Waals surface area (Å²) >= 11 is 1.62. The summed E-state index contributed by atoms with van der Waals surface area (Å²) < 4.78 is 37.0. The number of rotatable bonds is 5. The van der Waals surface area contributed by atoms with Gasteiger partial charge in [-0.2, -0.15) is 0 Å². The molecule has 0 unspecified atom stereocenters. The number of anilines is 2. The summed E-state index contributed by atoms with van der Waals surface area (Å²) in [6.45, 7) is 2.49. The number of fused-ring (bicyclic) bond motifs is 4. The van der Waals surface area contributed by atoms with E-state index in [0.717, 1.165) is 37.6 Å². The normalized spacial score (nSPS) is 17.0. The Morgan fingerprint density at radius 2 is 1.68 bits per heavy atom. The van der Waals surface area contributed by atoms with E-state index in [1.165, 1.54) is 0 Å². The smallest absolute Gasteiger partial charge is 0.245 e. The van der Waals surface area contributed by atoms with Gasteiger partial charge in [0.05, 0.1) is 18.6 Å². The Hall–Kier alpha value is -3.73. The van der Waals surface area contributed by atoms with Gasteiger partial charge in [-0.15, -0.1) is 11.3 Å². The van der Waals surface area contributed by atoms with Gasteiger partial charge in [-0.3, -0.25) is 9.59 Å². The van der Waals surface area contributed by atoms with E-state index in [2.05, 4.69) is 5.32 Å². The molecule has 5 aromatic rings. The molecule has 3 aromatic carbocycles. The van der Waals surface area contributed by atoms with E-state index in [1.54, 1.807) is 29.5 Å². The molecule has 3 heterocycles. The van der Waals surface area contributed by atoms with Crippen molar-refractivity contribution in [2.45, 2.75) is 17.6 Å². The Labute approximate surface area is 234 Å². The second-order valence-electron chi connectivity index (χ2n) is 10.4. The summed E-state index contributed by atoms with van der Waals surface area (Å²) in [6, 6.07) is 18.9. The molecule has 0 spiro atoms. The van der Waals surface area contributed by atoms with Crippen LogP contribution >= 0.6 is 11.3 Å². The molecule has 0 atom stereocenters. The van der Waals surface area contributed by atoms with Crippen molar-refractivity contribution in [3.05, 3.63) is 70.9 Å². The molecule has 8 nitrogen and oxygen atoms in total. The second kappa shape index (κ2) is 9.15. The van der Waals surface area contributed by atoms with E-state index in [-0.39, 0.29) is 5.43 Å². The third kappa shape index (κ3) is 4.01. The average molecular weight is 575 g/mol. The number of ether oxygens (including phenoxy) is 1. The minimum absolute atomic E-state index is 0.0870. The second-order valence-corrected chi connectivity index (χ2v) is 13.8. The molecule has 1 aliphatic carbocycles. The molecular formula is C30H26N2O6S2. The zero-order valence-corrected chi connectivity index (χ0v) is 23.4. The van der Waals surface area contributed by atoms with E-state index in [0.29, 0.717) is 61.7 Å². The maximum atomic E-state index is 13.1. The lowest BCUT2D eigenvalue weighted by Gasteiger charge is -2.27. The number of para-hydroxylation sites is 1. The summed E-state index contributed by atoms with van der Waals surface area (Å²) in [7, 11) is -3.50. The zero-order chi connectivity index (χ0) is 27.6. The first-order valence-electron chi connectivity index (χ1n) is 13.1.